The van der Waals surface area contributed by atoms with Gasteiger partial charge < -0.3 is 26.8 Å². The summed E-state index contributed by atoms with van der Waals surface area (Å²) in [6, 6.07) is 5.49. The molecular weight excluding hydrogens is 462 g/mol. The van der Waals surface area contributed by atoms with Gasteiger partial charge in [0.15, 0.2) is 0 Å². The smallest absolute Gasteiger partial charge is 0.328 e. The normalized spacial score (nSPS) is 19.1. The van der Waals surface area contributed by atoms with Crippen LogP contribution in [0.15, 0.2) is 24.3 Å². The summed E-state index contributed by atoms with van der Waals surface area (Å²) in [7, 11) is -3.58. The molecule has 0 heterocycles. The van der Waals surface area contributed by atoms with Crippen molar-refractivity contribution in [2.24, 2.45) is 16.8 Å². The van der Waals surface area contributed by atoms with Crippen LogP contribution in [0.1, 0.15) is 55.3 Å². The Labute approximate surface area is 200 Å². The molecule has 1 fully saturated rings. The van der Waals surface area contributed by atoms with Gasteiger partial charge in [-0.3, -0.25) is 9.59 Å². The molecule has 2 rings (SSSR count). The molecule has 0 radical (unpaired) electrons. The number of primary sulfonamides is 1. The molecule has 1 aliphatic carbocycles. The van der Waals surface area contributed by atoms with Crippen molar-refractivity contribution in [1.29, 1.82) is 0 Å². The van der Waals surface area contributed by atoms with Gasteiger partial charge in [-0.25, -0.2) is 18.4 Å². The van der Waals surface area contributed by atoms with Gasteiger partial charge in [0.25, 0.3) is 5.91 Å². The molecule has 34 heavy (non-hydrogen) atoms. The van der Waals surface area contributed by atoms with Crippen molar-refractivity contribution in [1.82, 2.24) is 10.6 Å². The van der Waals surface area contributed by atoms with Gasteiger partial charge in [-0.15, -0.1) is 0 Å². The quantitative estimate of drug-likeness (QED) is 0.151. The van der Waals surface area contributed by atoms with Crippen molar-refractivity contribution in [3.8, 4) is 0 Å². The Kier molecular flexibility index (Phi) is 10.7. The van der Waals surface area contributed by atoms with E-state index in [-0.39, 0.29) is 25.0 Å². The first-order valence-electron chi connectivity index (χ1n) is 11.4. The number of ether oxygens (including phenoxy) is 1. The van der Waals surface area contributed by atoms with E-state index < -0.39 is 33.2 Å². The molecule has 1 saturated carbocycles. The van der Waals surface area contributed by atoms with E-state index in [1.54, 1.807) is 24.3 Å². The zero-order valence-corrected chi connectivity index (χ0v) is 20.0. The van der Waals surface area contributed by atoms with Crippen LogP contribution in [0.5, 0.6) is 0 Å². The molecule has 2 amide bonds. The minimum Gasteiger partial charge on any atom is -0.462 e. The summed E-state index contributed by atoms with van der Waals surface area (Å²) in [5, 5.41) is 9.98. The van der Waals surface area contributed by atoms with Gasteiger partial charge in [0.2, 0.25) is 15.9 Å². The van der Waals surface area contributed by atoms with Crippen molar-refractivity contribution in [2.75, 3.05) is 25.4 Å². The van der Waals surface area contributed by atoms with Crippen LogP contribution in [-0.2, 0) is 24.3 Å². The summed E-state index contributed by atoms with van der Waals surface area (Å²) in [6.45, 7) is 0.530. The van der Waals surface area contributed by atoms with Gasteiger partial charge in [0, 0.05) is 17.2 Å². The van der Waals surface area contributed by atoms with Crippen LogP contribution in [0.2, 0.25) is 0 Å². The van der Waals surface area contributed by atoms with Gasteiger partial charge in [0.05, 0.1) is 11.8 Å². The number of nitrogen functional groups attached to an aromatic ring is 1. The largest absolute Gasteiger partial charge is 0.462 e. The van der Waals surface area contributed by atoms with Gasteiger partial charge in [-0.2, -0.15) is 0 Å². The fraction of sp³-hybridized carbons (Fsp3) is 0.591. The molecule has 0 aromatic heterocycles. The van der Waals surface area contributed by atoms with E-state index in [4.69, 9.17) is 21.3 Å². The van der Waals surface area contributed by atoms with E-state index in [2.05, 4.69) is 10.6 Å². The Morgan fingerprint density at radius 2 is 1.71 bits per heavy atom. The third-order valence-corrected chi connectivity index (χ3v) is 7.27. The van der Waals surface area contributed by atoms with Crippen LogP contribution in [-0.4, -0.2) is 57.2 Å². The Bertz CT molecular complexity index is 930. The molecule has 190 valence electrons. The number of amides is 2. The number of hydrogen-bond acceptors (Lipinski definition) is 8. The SMILES string of the molecule is NCCCCC(NC(=O)c1ccc(N)cc1)C(=O)OCCNC(=O)C1CCC(S(N)(=O)=O)CC1. The molecule has 0 spiro atoms. The molecule has 1 unspecified atom stereocenters. The predicted octanol–water partition coefficient (Wildman–Crippen LogP) is 0.00290. The molecular formula is C22H35N5O6S. The lowest BCUT2D eigenvalue weighted by molar-refractivity contribution is -0.146. The van der Waals surface area contributed by atoms with E-state index in [0.717, 1.165) is 0 Å². The number of rotatable bonds is 12. The van der Waals surface area contributed by atoms with Crippen LogP contribution >= 0.6 is 0 Å². The van der Waals surface area contributed by atoms with Crippen LogP contribution in [0.4, 0.5) is 5.69 Å². The van der Waals surface area contributed by atoms with Gasteiger partial charge in [-0.05, 0) is 75.8 Å². The van der Waals surface area contributed by atoms with Gasteiger partial charge in [0.1, 0.15) is 12.6 Å². The molecule has 1 aromatic carbocycles. The number of unbranched alkanes of at least 4 members (excludes halogenated alkanes) is 1. The number of sulfonamides is 1. The minimum atomic E-state index is -3.58. The average Bonchev–Trinajstić information content (AvgIpc) is 2.81. The number of carbonyl (C=O) groups is 3. The van der Waals surface area contributed by atoms with E-state index in [9.17, 15) is 22.8 Å². The predicted molar refractivity (Wildman–Crippen MR) is 128 cm³/mol. The highest BCUT2D eigenvalue weighted by Crippen LogP contribution is 2.27. The van der Waals surface area contributed by atoms with E-state index in [0.29, 0.717) is 62.7 Å². The molecule has 8 N–H and O–H groups in total. The summed E-state index contributed by atoms with van der Waals surface area (Å²) < 4.78 is 28.1. The fourth-order valence-electron chi connectivity index (χ4n) is 3.84. The third-order valence-electron chi connectivity index (χ3n) is 5.86. The van der Waals surface area contributed by atoms with Crippen LogP contribution in [0.3, 0.4) is 0 Å². The van der Waals surface area contributed by atoms with Crippen molar-refractivity contribution in [3.05, 3.63) is 29.8 Å². The highest BCUT2D eigenvalue weighted by atomic mass is 32.2. The molecule has 1 atom stereocenters. The molecule has 12 heteroatoms. The number of anilines is 1. The summed E-state index contributed by atoms with van der Waals surface area (Å²) in [4.78, 5) is 37.4. The maximum atomic E-state index is 12.6. The Hall–Kier alpha value is -2.70. The zero-order valence-electron chi connectivity index (χ0n) is 19.2. The lowest BCUT2D eigenvalue weighted by Gasteiger charge is -2.26. The van der Waals surface area contributed by atoms with Crippen molar-refractivity contribution in [3.63, 3.8) is 0 Å². The van der Waals surface area contributed by atoms with Crippen molar-refractivity contribution in [2.45, 2.75) is 56.2 Å². The van der Waals surface area contributed by atoms with Crippen LogP contribution in [0, 0.1) is 5.92 Å². The maximum absolute atomic E-state index is 12.6. The highest BCUT2D eigenvalue weighted by Gasteiger charge is 2.31. The minimum absolute atomic E-state index is 0.0533. The topological polar surface area (TPSA) is 197 Å². The maximum Gasteiger partial charge on any atom is 0.328 e. The number of hydrogen-bond donors (Lipinski definition) is 5. The third kappa shape index (κ3) is 8.92. The number of carbonyl (C=O) groups excluding carboxylic acids is 3. The standard InChI is InChI=1S/C22H35N5O6S/c23-12-2-1-3-19(27-21(29)16-4-8-17(24)9-5-16)22(30)33-14-13-26-20(28)15-6-10-18(11-7-15)34(25,31)32/h4-5,8-9,15,18-19H,1-3,6-7,10-14,23-24H2,(H,26,28)(H,27,29)(H2,25,31,32). The Balaban J connectivity index is 1.79. The van der Waals surface area contributed by atoms with Gasteiger partial charge >= 0.3 is 5.97 Å². The number of nitrogens with one attached hydrogen (secondary N) is 2. The fourth-order valence-corrected chi connectivity index (χ4v) is 4.77. The lowest BCUT2D eigenvalue weighted by atomic mass is 9.88. The number of esters is 1. The van der Waals surface area contributed by atoms with Crippen molar-refractivity contribution < 1.29 is 27.5 Å². The highest BCUT2D eigenvalue weighted by molar-refractivity contribution is 7.89. The number of nitrogens with two attached hydrogens (primary N) is 3. The van der Waals surface area contributed by atoms with E-state index >= 15 is 0 Å². The summed E-state index contributed by atoms with van der Waals surface area (Å²) in [5.74, 6) is -1.51. The monoisotopic (exact) mass is 497 g/mol. The Morgan fingerprint density at radius 1 is 1.06 bits per heavy atom. The summed E-state index contributed by atoms with van der Waals surface area (Å²) >= 11 is 0. The Morgan fingerprint density at radius 3 is 2.29 bits per heavy atom. The second-order valence-corrected chi connectivity index (χ2v) is 10.3. The van der Waals surface area contributed by atoms with Crippen molar-refractivity contribution >= 4 is 33.5 Å². The van der Waals surface area contributed by atoms with Crippen LogP contribution < -0.4 is 27.2 Å². The molecule has 0 bridgehead atoms. The average molecular weight is 498 g/mol. The van der Waals surface area contributed by atoms with Gasteiger partial charge in [-0.1, -0.05) is 0 Å². The second kappa shape index (κ2) is 13.3. The molecule has 0 saturated heterocycles. The van der Waals surface area contributed by atoms with E-state index in [1.165, 1.54) is 0 Å². The molecule has 11 nitrogen and oxygen atoms in total. The van der Waals surface area contributed by atoms with E-state index in [1.807, 2.05) is 0 Å². The second-order valence-electron chi connectivity index (χ2n) is 8.45. The summed E-state index contributed by atoms with van der Waals surface area (Å²) in [6.07, 6.45) is 3.28. The lowest BCUT2D eigenvalue weighted by Crippen LogP contribution is -2.43. The first-order chi connectivity index (χ1) is 16.1. The molecule has 1 aromatic rings. The first kappa shape index (κ1) is 27.5. The first-order valence-corrected chi connectivity index (χ1v) is 13.0. The van der Waals surface area contributed by atoms with Crippen LogP contribution in [0.25, 0.3) is 0 Å². The molecule has 0 aliphatic heterocycles. The summed E-state index contributed by atoms with van der Waals surface area (Å²) in [5.41, 5.74) is 12.1. The number of benzene rings is 1. The zero-order chi connectivity index (χ0) is 25.1. The molecule has 1 aliphatic rings.